The van der Waals surface area contributed by atoms with Crippen LogP contribution in [0.3, 0.4) is 0 Å². The highest BCUT2D eigenvalue weighted by molar-refractivity contribution is 6.06. The molecule has 0 heterocycles. The second-order valence-corrected chi connectivity index (χ2v) is 7.55. The molecule has 0 fully saturated rings. The van der Waals surface area contributed by atoms with Gasteiger partial charge in [0.25, 0.3) is 5.91 Å². The number of carbonyl (C=O) groups is 4. The van der Waals surface area contributed by atoms with Gasteiger partial charge in [-0.15, -0.1) is 0 Å². The fourth-order valence-electron chi connectivity index (χ4n) is 3.04. The molecule has 0 aliphatic carbocycles. The summed E-state index contributed by atoms with van der Waals surface area (Å²) in [6.07, 6.45) is -0.818. The molecule has 1 atom stereocenters. The first-order valence-electron chi connectivity index (χ1n) is 10.8. The maximum Gasteiger partial charge on any atom is 0.418 e. The molecule has 0 spiro atoms. The second kappa shape index (κ2) is 11.9. The number of rotatable bonds is 9. The summed E-state index contributed by atoms with van der Waals surface area (Å²) < 4.78 is 10.1. The van der Waals surface area contributed by atoms with Crippen LogP contribution >= 0.6 is 0 Å². The Labute approximate surface area is 206 Å². The van der Waals surface area contributed by atoms with Crippen molar-refractivity contribution in [2.45, 2.75) is 13.0 Å². The molecule has 0 aliphatic heterocycles. The standard InChI is InChI=1S/C26H23N3O7/c1-16(23(32)17-11-13-20(14-12-17)35-15-22(30)31)28-25(33)19-9-7-18(8-10-19)24(27)29-26(34)36-21-5-3-2-4-6-21/h2-14,16H,15H2,1H3,(H,28,33)(H,30,31)(H2,27,29,34). The van der Waals surface area contributed by atoms with E-state index in [-0.39, 0.29) is 17.2 Å². The van der Waals surface area contributed by atoms with Crippen molar-refractivity contribution in [1.82, 2.24) is 10.6 Å². The van der Waals surface area contributed by atoms with E-state index in [2.05, 4.69) is 10.6 Å². The van der Waals surface area contributed by atoms with E-state index < -0.39 is 30.6 Å². The molecule has 184 valence electrons. The predicted octanol–water partition coefficient (Wildman–Crippen LogP) is 3.27. The van der Waals surface area contributed by atoms with E-state index in [9.17, 15) is 19.2 Å². The number of hydrogen-bond acceptors (Lipinski definition) is 7. The van der Waals surface area contributed by atoms with Crippen molar-refractivity contribution >= 4 is 29.6 Å². The van der Waals surface area contributed by atoms with Crippen LogP contribution in [-0.2, 0) is 4.79 Å². The summed E-state index contributed by atoms with van der Waals surface area (Å²) in [5.74, 6) is -1.51. The van der Waals surface area contributed by atoms with Gasteiger partial charge in [0.05, 0.1) is 6.04 Å². The normalized spacial score (nSPS) is 11.0. The minimum absolute atomic E-state index is 0.206. The smallest absolute Gasteiger partial charge is 0.418 e. The Kier molecular flexibility index (Phi) is 8.49. The molecule has 0 radical (unpaired) electrons. The van der Waals surface area contributed by atoms with E-state index >= 15 is 0 Å². The molecule has 36 heavy (non-hydrogen) atoms. The number of amides is 2. The van der Waals surface area contributed by atoms with E-state index in [0.717, 1.165) is 0 Å². The first kappa shape index (κ1) is 25.6. The zero-order valence-corrected chi connectivity index (χ0v) is 19.2. The van der Waals surface area contributed by atoms with Crippen molar-refractivity contribution in [3.63, 3.8) is 0 Å². The lowest BCUT2D eigenvalue weighted by Crippen LogP contribution is -2.38. The number of carbonyl (C=O) groups excluding carboxylic acids is 3. The predicted molar refractivity (Wildman–Crippen MR) is 130 cm³/mol. The number of ether oxygens (including phenoxy) is 2. The molecule has 3 aromatic rings. The van der Waals surface area contributed by atoms with Gasteiger partial charge < -0.3 is 19.9 Å². The topological polar surface area (TPSA) is 155 Å². The van der Waals surface area contributed by atoms with Gasteiger partial charge in [0, 0.05) is 16.7 Å². The molecule has 0 saturated carbocycles. The van der Waals surface area contributed by atoms with Crippen LogP contribution in [0.15, 0.2) is 78.9 Å². The molecule has 3 aromatic carbocycles. The van der Waals surface area contributed by atoms with Crippen LogP contribution in [0.2, 0.25) is 0 Å². The van der Waals surface area contributed by atoms with Gasteiger partial charge in [-0.1, -0.05) is 30.3 Å². The lowest BCUT2D eigenvalue weighted by molar-refractivity contribution is -0.139. The number of nitrogens with one attached hydrogen (secondary N) is 3. The van der Waals surface area contributed by atoms with Crippen LogP contribution in [0.1, 0.15) is 33.2 Å². The van der Waals surface area contributed by atoms with Crippen LogP contribution in [0.5, 0.6) is 11.5 Å². The first-order chi connectivity index (χ1) is 17.2. The Morgan fingerprint density at radius 2 is 1.42 bits per heavy atom. The van der Waals surface area contributed by atoms with Gasteiger partial charge in [0.2, 0.25) is 0 Å². The van der Waals surface area contributed by atoms with Crippen molar-refractivity contribution in [3.8, 4) is 11.5 Å². The van der Waals surface area contributed by atoms with Gasteiger partial charge in [-0.05, 0) is 55.5 Å². The molecule has 0 bridgehead atoms. The maximum atomic E-state index is 12.6. The number of para-hydroxylation sites is 1. The molecule has 10 heteroatoms. The third-order valence-electron chi connectivity index (χ3n) is 4.86. The van der Waals surface area contributed by atoms with Crippen molar-refractivity contribution in [1.29, 1.82) is 5.41 Å². The SMILES string of the molecule is CC(NC(=O)c1ccc(C(=N)NC(=O)Oc2ccccc2)cc1)C(=O)c1ccc(OCC(=O)O)cc1. The third kappa shape index (κ3) is 7.26. The maximum absolute atomic E-state index is 12.6. The fraction of sp³-hybridized carbons (Fsp3) is 0.115. The first-order valence-corrected chi connectivity index (χ1v) is 10.8. The number of amidine groups is 1. The van der Waals surface area contributed by atoms with Crippen LogP contribution in [0.25, 0.3) is 0 Å². The highest BCUT2D eigenvalue weighted by Gasteiger charge is 2.19. The van der Waals surface area contributed by atoms with Crippen molar-refractivity contribution < 1.29 is 33.8 Å². The third-order valence-corrected chi connectivity index (χ3v) is 4.86. The zero-order chi connectivity index (χ0) is 26.1. The molecular formula is C26H23N3O7. The number of benzene rings is 3. The zero-order valence-electron chi connectivity index (χ0n) is 19.2. The molecule has 0 aromatic heterocycles. The fourth-order valence-corrected chi connectivity index (χ4v) is 3.04. The average Bonchev–Trinajstić information content (AvgIpc) is 2.87. The van der Waals surface area contributed by atoms with Gasteiger partial charge in [-0.2, -0.15) is 0 Å². The molecule has 10 nitrogen and oxygen atoms in total. The molecule has 4 N–H and O–H groups in total. The highest BCUT2D eigenvalue weighted by Crippen LogP contribution is 2.14. The lowest BCUT2D eigenvalue weighted by Gasteiger charge is -2.14. The minimum atomic E-state index is -1.11. The molecular weight excluding hydrogens is 466 g/mol. The van der Waals surface area contributed by atoms with Crippen molar-refractivity contribution in [2.24, 2.45) is 0 Å². The number of ketones is 1. The van der Waals surface area contributed by atoms with E-state index in [1.807, 2.05) is 0 Å². The largest absolute Gasteiger partial charge is 0.482 e. The summed E-state index contributed by atoms with van der Waals surface area (Å²) in [5.41, 5.74) is 0.934. The Morgan fingerprint density at radius 1 is 0.833 bits per heavy atom. The van der Waals surface area contributed by atoms with Crippen LogP contribution in [0.4, 0.5) is 4.79 Å². The molecule has 1 unspecified atom stereocenters. The summed E-state index contributed by atoms with van der Waals surface area (Å²) in [6, 6.07) is 19.4. The number of aliphatic carboxylic acids is 1. The van der Waals surface area contributed by atoms with E-state index in [1.54, 1.807) is 37.3 Å². The number of carboxylic acid groups (broad SMARTS) is 1. The Bertz CT molecular complexity index is 1260. The van der Waals surface area contributed by atoms with Crippen LogP contribution < -0.4 is 20.1 Å². The van der Waals surface area contributed by atoms with Crippen molar-refractivity contribution in [3.05, 3.63) is 95.6 Å². The molecule has 0 aliphatic rings. The Hall–Kier alpha value is -4.99. The van der Waals surface area contributed by atoms with Crippen LogP contribution in [0, 0.1) is 5.41 Å². The second-order valence-electron chi connectivity index (χ2n) is 7.55. The van der Waals surface area contributed by atoms with Crippen LogP contribution in [-0.4, -0.2) is 47.3 Å². The van der Waals surface area contributed by atoms with Gasteiger partial charge in [-0.3, -0.25) is 20.3 Å². The Balaban J connectivity index is 1.53. The van der Waals surface area contributed by atoms with E-state index in [0.29, 0.717) is 22.6 Å². The number of carboxylic acids is 1. The average molecular weight is 489 g/mol. The van der Waals surface area contributed by atoms with Crippen molar-refractivity contribution in [2.75, 3.05) is 6.61 Å². The quantitative estimate of drug-likeness (QED) is 0.204. The summed E-state index contributed by atoms with van der Waals surface area (Å²) in [4.78, 5) is 47.7. The number of hydrogen-bond donors (Lipinski definition) is 4. The number of Topliss-reactive ketones (excluding diaryl/α,β-unsaturated/α-hetero) is 1. The monoisotopic (exact) mass is 489 g/mol. The Morgan fingerprint density at radius 3 is 2.03 bits per heavy atom. The van der Waals surface area contributed by atoms with Gasteiger partial charge >= 0.3 is 12.1 Å². The molecule has 2 amide bonds. The summed E-state index contributed by atoms with van der Waals surface area (Å²) >= 11 is 0. The van der Waals surface area contributed by atoms with E-state index in [1.165, 1.54) is 48.5 Å². The van der Waals surface area contributed by atoms with Gasteiger partial charge in [0.1, 0.15) is 17.3 Å². The molecule has 3 rings (SSSR count). The van der Waals surface area contributed by atoms with Gasteiger partial charge in [0.15, 0.2) is 12.4 Å². The minimum Gasteiger partial charge on any atom is -0.482 e. The molecule has 0 saturated heterocycles. The summed E-state index contributed by atoms with van der Waals surface area (Å²) in [6.45, 7) is 1.05. The van der Waals surface area contributed by atoms with E-state index in [4.69, 9.17) is 20.0 Å². The highest BCUT2D eigenvalue weighted by atomic mass is 16.6. The lowest BCUT2D eigenvalue weighted by atomic mass is 10.0. The van der Waals surface area contributed by atoms with Gasteiger partial charge in [-0.25, -0.2) is 9.59 Å². The summed E-state index contributed by atoms with van der Waals surface area (Å²) in [7, 11) is 0. The summed E-state index contributed by atoms with van der Waals surface area (Å²) in [5, 5.41) is 21.6.